The molecule has 1 atom stereocenters. The predicted molar refractivity (Wildman–Crippen MR) is 105 cm³/mol. The van der Waals surface area contributed by atoms with Gasteiger partial charge in [0, 0.05) is 16.2 Å². The molecule has 5 nitrogen and oxygen atoms in total. The molecule has 1 unspecified atom stereocenters. The third kappa shape index (κ3) is 2.98. The number of anilines is 1. The predicted octanol–water partition coefficient (Wildman–Crippen LogP) is 3.53. The molecule has 1 fully saturated rings. The highest BCUT2D eigenvalue weighted by Crippen LogP contribution is 2.44. The van der Waals surface area contributed by atoms with Crippen LogP contribution in [0.3, 0.4) is 0 Å². The van der Waals surface area contributed by atoms with E-state index in [-0.39, 0.29) is 11.9 Å². The number of amides is 1. The zero-order chi connectivity index (χ0) is 18.1. The van der Waals surface area contributed by atoms with E-state index in [0.717, 1.165) is 32.5 Å². The zero-order valence-corrected chi connectivity index (χ0v) is 15.3. The van der Waals surface area contributed by atoms with Gasteiger partial charge in [-0.1, -0.05) is 42.1 Å². The Kier molecular flexibility index (Phi) is 4.44. The Labute approximate surface area is 156 Å². The summed E-state index contributed by atoms with van der Waals surface area (Å²) in [5, 5.41) is 3.40. The summed E-state index contributed by atoms with van der Waals surface area (Å²) in [5.74, 6) is 0.731. The zero-order valence-electron chi connectivity index (χ0n) is 14.5. The Bertz CT molecular complexity index is 936. The average molecular weight is 365 g/mol. The Balaban J connectivity index is 1.81. The molecule has 2 aromatic rings. The van der Waals surface area contributed by atoms with Crippen LogP contribution in [0, 0.1) is 0 Å². The smallest absolute Gasteiger partial charge is 0.265 e. The molecule has 132 valence electrons. The number of carbonyl (C=O) groups is 1. The van der Waals surface area contributed by atoms with Gasteiger partial charge in [-0.05, 0) is 31.2 Å². The molecule has 1 amide bonds. The number of para-hydroxylation sites is 2. The third-order valence-corrected chi connectivity index (χ3v) is 5.51. The van der Waals surface area contributed by atoms with Gasteiger partial charge >= 0.3 is 0 Å². The number of benzene rings is 2. The van der Waals surface area contributed by atoms with Gasteiger partial charge < -0.3 is 10.1 Å². The van der Waals surface area contributed by atoms with E-state index in [2.05, 4.69) is 22.2 Å². The molecule has 0 spiro atoms. The van der Waals surface area contributed by atoms with Crippen molar-refractivity contribution in [1.29, 1.82) is 0 Å². The van der Waals surface area contributed by atoms with Crippen LogP contribution in [-0.4, -0.2) is 19.1 Å². The molecular formula is C20H19N3O2S. The summed E-state index contributed by atoms with van der Waals surface area (Å²) in [4.78, 5) is 14.3. The summed E-state index contributed by atoms with van der Waals surface area (Å²) < 4.78 is 5.49. The van der Waals surface area contributed by atoms with Crippen molar-refractivity contribution in [2.75, 3.05) is 12.4 Å². The molecule has 0 aliphatic carbocycles. The Morgan fingerprint density at radius 3 is 2.62 bits per heavy atom. The van der Waals surface area contributed by atoms with E-state index in [1.54, 1.807) is 18.9 Å². The van der Waals surface area contributed by atoms with Crippen molar-refractivity contribution in [3.05, 3.63) is 71.4 Å². The van der Waals surface area contributed by atoms with Gasteiger partial charge in [-0.2, -0.15) is 0 Å². The van der Waals surface area contributed by atoms with E-state index in [9.17, 15) is 4.79 Å². The number of methoxy groups -OCH3 is 1. The number of thioether (sulfide) groups is 1. The SMILES string of the molecule is COc1ccccc1SC1=C/C(=C2/C(=O)NNC2C)Nc2ccccc21. The van der Waals surface area contributed by atoms with Crippen molar-refractivity contribution in [2.24, 2.45) is 0 Å². The number of rotatable bonds is 3. The molecule has 2 aliphatic heterocycles. The standard InChI is InChI=1S/C20H19N3O2S/c1-12-19(20(24)23-22-12)15-11-18(13-7-3-4-8-14(13)21-15)26-17-10-6-5-9-16(17)25-2/h3-12,21-22H,1-2H3,(H,23,24)/b19-15-. The van der Waals surface area contributed by atoms with Crippen LogP contribution in [0.4, 0.5) is 5.69 Å². The molecule has 0 aromatic heterocycles. The second-order valence-corrected chi connectivity index (χ2v) is 7.16. The summed E-state index contributed by atoms with van der Waals surface area (Å²) >= 11 is 1.63. The second-order valence-electron chi connectivity index (χ2n) is 6.08. The summed E-state index contributed by atoms with van der Waals surface area (Å²) in [7, 11) is 1.67. The molecule has 2 aliphatic rings. The number of ether oxygens (including phenoxy) is 1. The lowest BCUT2D eigenvalue weighted by Gasteiger charge is -2.23. The van der Waals surface area contributed by atoms with Crippen molar-refractivity contribution in [1.82, 2.24) is 10.9 Å². The molecule has 0 radical (unpaired) electrons. The first-order valence-corrected chi connectivity index (χ1v) is 9.18. The van der Waals surface area contributed by atoms with Crippen LogP contribution in [0.2, 0.25) is 0 Å². The van der Waals surface area contributed by atoms with Crippen LogP contribution in [0.15, 0.2) is 70.8 Å². The highest BCUT2D eigenvalue weighted by atomic mass is 32.2. The van der Waals surface area contributed by atoms with Crippen LogP contribution < -0.4 is 20.9 Å². The normalized spacial score (nSPS) is 21.5. The molecule has 26 heavy (non-hydrogen) atoms. The maximum absolute atomic E-state index is 12.2. The number of fused-ring (bicyclic) bond motifs is 1. The number of nitrogens with one attached hydrogen (secondary N) is 3. The maximum atomic E-state index is 12.2. The lowest BCUT2D eigenvalue weighted by molar-refractivity contribution is -0.116. The number of allylic oxidation sites excluding steroid dienone is 1. The first-order chi connectivity index (χ1) is 12.7. The first kappa shape index (κ1) is 16.8. The van der Waals surface area contributed by atoms with Gasteiger partial charge in [0.2, 0.25) is 0 Å². The fourth-order valence-electron chi connectivity index (χ4n) is 3.11. The largest absolute Gasteiger partial charge is 0.496 e. The lowest BCUT2D eigenvalue weighted by atomic mass is 10.0. The van der Waals surface area contributed by atoms with E-state index < -0.39 is 0 Å². The summed E-state index contributed by atoms with van der Waals surface area (Å²) in [6, 6.07) is 16.0. The molecule has 2 heterocycles. The molecule has 3 N–H and O–H groups in total. The molecule has 6 heteroatoms. The van der Waals surface area contributed by atoms with Gasteiger partial charge in [0.15, 0.2) is 0 Å². The van der Waals surface area contributed by atoms with Crippen molar-refractivity contribution in [2.45, 2.75) is 17.9 Å². The lowest BCUT2D eigenvalue weighted by Crippen LogP contribution is -2.29. The minimum absolute atomic E-state index is 0.0657. The Morgan fingerprint density at radius 2 is 1.85 bits per heavy atom. The highest BCUT2D eigenvalue weighted by Gasteiger charge is 2.29. The topological polar surface area (TPSA) is 62.4 Å². The Morgan fingerprint density at radius 1 is 1.08 bits per heavy atom. The highest BCUT2D eigenvalue weighted by molar-refractivity contribution is 8.08. The fraction of sp³-hybridized carbons (Fsp3) is 0.150. The van der Waals surface area contributed by atoms with Crippen LogP contribution in [-0.2, 0) is 4.79 Å². The minimum Gasteiger partial charge on any atom is -0.496 e. The molecule has 0 bridgehead atoms. The van der Waals surface area contributed by atoms with Crippen LogP contribution in [0.25, 0.3) is 4.91 Å². The first-order valence-electron chi connectivity index (χ1n) is 8.36. The quantitative estimate of drug-likeness (QED) is 0.727. The maximum Gasteiger partial charge on any atom is 0.265 e. The van der Waals surface area contributed by atoms with Crippen molar-refractivity contribution < 1.29 is 9.53 Å². The summed E-state index contributed by atoms with van der Waals surface area (Å²) in [6.45, 7) is 1.96. The third-order valence-electron chi connectivity index (χ3n) is 4.40. The average Bonchev–Trinajstić information content (AvgIpc) is 3.00. The van der Waals surface area contributed by atoms with Gasteiger partial charge in [-0.25, -0.2) is 5.43 Å². The number of hydrogen-bond acceptors (Lipinski definition) is 5. The van der Waals surface area contributed by atoms with E-state index in [1.807, 2.05) is 55.5 Å². The van der Waals surface area contributed by atoms with E-state index in [1.165, 1.54) is 0 Å². The van der Waals surface area contributed by atoms with Crippen molar-refractivity contribution in [3.8, 4) is 5.75 Å². The van der Waals surface area contributed by atoms with Gasteiger partial charge in [0.25, 0.3) is 5.91 Å². The molecule has 1 saturated heterocycles. The van der Waals surface area contributed by atoms with E-state index >= 15 is 0 Å². The Hall–Kier alpha value is -2.70. The number of hydrogen-bond donors (Lipinski definition) is 3. The molecule has 2 aromatic carbocycles. The van der Waals surface area contributed by atoms with Crippen LogP contribution >= 0.6 is 11.8 Å². The van der Waals surface area contributed by atoms with Crippen molar-refractivity contribution in [3.63, 3.8) is 0 Å². The van der Waals surface area contributed by atoms with Gasteiger partial charge in [0.1, 0.15) is 5.75 Å². The van der Waals surface area contributed by atoms with Crippen LogP contribution in [0.1, 0.15) is 12.5 Å². The van der Waals surface area contributed by atoms with Crippen molar-refractivity contribution >= 4 is 28.3 Å². The number of carbonyl (C=O) groups excluding carboxylic acids is 1. The van der Waals surface area contributed by atoms with E-state index in [0.29, 0.717) is 5.57 Å². The minimum atomic E-state index is -0.0997. The molecular weight excluding hydrogens is 346 g/mol. The van der Waals surface area contributed by atoms with Gasteiger partial charge in [-0.15, -0.1) is 0 Å². The summed E-state index contributed by atoms with van der Waals surface area (Å²) in [6.07, 6.45) is 2.04. The van der Waals surface area contributed by atoms with Gasteiger partial charge in [0.05, 0.1) is 29.3 Å². The summed E-state index contributed by atoms with van der Waals surface area (Å²) in [5.41, 5.74) is 9.26. The number of hydrazine groups is 1. The van der Waals surface area contributed by atoms with E-state index in [4.69, 9.17) is 4.74 Å². The molecule has 4 rings (SSSR count). The van der Waals surface area contributed by atoms with Gasteiger partial charge in [-0.3, -0.25) is 10.2 Å². The van der Waals surface area contributed by atoms with Crippen LogP contribution in [0.5, 0.6) is 5.75 Å². The fourth-order valence-corrected chi connectivity index (χ4v) is 4.21. The molecule has 0 saturated carbocycles. The second kappa shape index (κ2) is 6.90. The monoisotopic (exact) mass is 365 g/mol.